The summed E-state index contributed by atoms with van der Waals surface area (Å²) in [7, 11) is 1.53. The third-order valence-corrected chi connectivity index (χ3v) is 3.38. The van der Waals surface area contributed by atoms with E-state index in [4.69, 9.17) is 14.2 Å². The van der Waals surface area contributed by atoms with Gasteiger partial charge in [-0.2, -0.15) is 0 Å². The van der Waals surface area contributed by atoms with E-state index in [1.165, 1.54) is 7.11 Å². The Balaban J connectivity index is 2.39. The molecule has 0 atom stereocenters. The van der Waals surface area contributed by atoms with Crippen LogP contribution in [-0.4, -0.2) is 38.2 Å². The number of hydrogen-bond acceptors (Lipinski definition) is 5. The van der Waals surface area contributed by atoms with Crippen LogP contribution in [0.5, 0.6) is 11.5 Å². The van der Waals surface area contributed by atoms with E-state index in [9.17, 15) is 9.59 Å². The molecule has 1 aromatic carbocycles. The fourth-order valence-electron chi connectivity index (χ4n) is 1.98. The Labute approximate surface area is 137 Å². The maximum absolute atomic E-state index is 11.6. The van der Waals surface area contributed by atoms with Crippen molar-refractivity contribution in [1.82, 2.24) is 5.32 Å². The third-order valence-electron chi connectivity index (χ3n) is 3.38. The summed E-state index contributed by atoms with van der Waals surface area (Å²) in [6.45, 7) is 5.33. The summed E-state index contributed by atoms with van der Waals surface area (Å²) in [5.41, 5.74) is 1.02. The van der Waals surface area contributed by atoms with Gasteiger partial charge in [-0.25, -0.2) is 4.79 Å². The number of methoxy groups -OCH3 is 1. The van der Waals surface area contributed by atoms with Gasteiger partial charge in [0.2, 0.25) is 0 Å². The predicted molar refractivity (Wildman–Crippen MR) is 86.7 cm³/mol. The molecule has 6 heteroatoms. The number of esters is 1. The van der Waals surface area contributed by atoms with E-state index < -0.39 is 5.97 Å². The van der Waals surface area contributed by atoms with Crippen LogP contribution in [0.3, 0.4) is 0 Å². The van der Waals surface area contributed by atoms with E-state index in [1.807, 2.05) is 32.9 Å². The summed E-state index contributed by atoms with van der Waals surface area (Å²) >= 11 is 0. The van der Waals surface area contributed by atoms with Crippen molar-refractivity contribution in [2.24, 2.45) is 0 Å². The molecule has 0 saturated heterocycles. The number of ether oxygens (including phenoxy) is 3. The van der Waals surface area contributed by atoms with Crippen LogP contribution in [-0.2, 0) is 14.3 Å². The molecule has 0 spiro atoms. The van der Waals surface area contributed by atoms with Gasteiger partial charge in [-0.3, -0.25) is 4.79 Å². The summed E-state index contributed by atoms with van der Waals surface area (Å²) < 4.78 is 15.4. The predicted octanol–water partition coefficient (Wildman–Crippen LogP) is 2.23. The van der Waals surface area contributed by atoms with Crippen LogP contribution in [0.4, 0.5) is 0 Å². The van der Waals surface area contributed by atoms with Gasteiger partial charge in [-0.15, -0.1) is 0 Å². The second kappa shape index (κ2) is 9.71. The smallest absolute Gasteiger partial charge is 0.344 e. The van der Waals surface area contributed by atoms with E-state index in [0.717, 1.165) is 18.4 Å². The van der Waals surface area contributed by atoms with Gasteiger partial charge in [0, 0.05) is 6.04 Å². The monoisotopic (exact) mass is 323 g/mol. The lowest BCUT2D eigenvalue weighted by Crippen LogP contribution is -2.37. The van der Waals surface area contributed by atoms with Gasteiger partial charge in [0.15, 0.2) is 24.7 Å². The summed E-state index contributed by atoms with van der Waals surface area (Å²) in [5.74, 6) is 0.0908. The van der Waals surface area contributed by atoms with Gasteiger partial charge in [0.05, 0.1) is 7.11 Å². The molecule has 1 amide bonds. The molecule has 0 aliphatic heterocycles. The standard InChI is InChI=1S/C17H25NO5/c1-5-13(6-2)18-16(19)10-23-17(20)11-22-14-8-7-12(3)9-15(14)21-4/h7-9,13H,5-6,10-11H2,1-4H3,(H,18,19). The van der Waals surface area contributed by atoms with E-state index >= 15 is 0 Å². The SMILES string of the molecule is CCC(CC)NC(=O)COC(=O)COc1ccc(C)cc1OC. The van der Waals surface area contributed by atoms with Crippen LogP contribution in [0.2, 0.25) is 0 Å². The van der Waals surface area contributed by atoms with Crippen molar-refractivity contribution in [1.29, 1.82) is 0 Å². The van der Waals surface area contributed by atoms with Crippen LogP contribution < -0.4 is 14.8 Å². The molecule has 1 rings (SSSR count). The van der Waals surface area contributed by atoms with Gasteiger partial charge in [-0.05, 0) is 37.5 Å². The van der Waals surface area contributed by atoms with E-state index in [1.54, 1.807) is 6.07 Å². The minimum absolute atomic E-state index is 0.106. The fraction of sp³-hybridized carbons (Fsp3) is 0.529. The van der Waals surface area contributed by atoms with Crippen LogP contribution in [0.1, 0.15) is 32.3 Å². The van der Waals surface area contributed by atoms with Crippen LogP contribution >= 0.6 is 0 Å². The summed E-state index contributed by atoms with van der Waals surface area (Å²) in [4.78, 5) is 23.3. The van der Waals surface area contributed by atoms with Crippen molar-refractivity contribution >= 4 is 11.9 Å². The van der Waals surface area contributed by atoms with Gasteiger partial charge in [0.25, 0.3) is 5.91 Å². The highest BCUT2D eigenvalue weighted by Crippen LogP contribution is 2.27. The van der Waals surface area contributed by atoms with Crippen molar-refractivity contribution in [3.05, 3.63) is 23.8 Å². The van der Waals surface area contributed by atoms with Gasteiger partial charge < -0.3 is 19.5 Å². The van der Waals surface area contributed by atoms with Crippen molar-refractivity contribution in [2.75, 3.05) is 20.3 Å². The Bertz CT molecular complexity index is 526. The average Bonchev–Trinajstić information content (AvgIpc) is 2.56. The molecule has 0 bridgehead atoms. The van der Waals surface area contributed by atoms with Crippen molar-refractivity contribution < 1.29 is 23.8 Å². The number of aryl methyl sites for hydroxylation is 1. The molecule has 1 N–H and O–H groups in total. The number of rotatable bonds is 9. The maximum Gasteiger partial charge on any atom is 0.344 e. The molecule has 0 radical (unpaired) electrons. The third kappa shape index (κ3) is 6.59. The molecule has 23 heavy (non-hydrogen) atoms. The molecule has 6 nitrogen and oxygen atoms in total. The Morgan fingerprint density at radius 3 is 2.43 bits per heavy atom. The van der Waals surface area contributed by atoms with Crippen molar-refractivity contribution in [3.8, 4) is 11.5 Å². The lowest BCUT2D eigenvalue weighted by Gasteiger charge is -2.15. The van der Waals surface area contributed by atoms with Gasteiger partial charge in [-0.1, -0.05) is 19.9 Å². The second-order valence-corrected chi connectivity index (χ2v) is 5.18. The van der Waals surface area contributed by atoms with Crippen molar-refractivity contribution in [2.45, 2.75) is 39.7 Å². The topological polar surface area (TPSA) is 73.9 Å². The molecule has 1 aromatic rings. The number of nitrogens with one attached hydrogen (secondary N) is 1. The lowest BCUT2D eigenvalue weighted by molar-refractivity contribution is -0.150. The second-order valence-electron chi connectivity index (χ2n) is 5.18. The largest absolute Gasteiger partial charge is 0.493 e. The molecule has 128 valence electrons. The summed E-state index contributed by atoms with van der Waals surface area (Å²) in [5, 5.41) is 2.79. The van der Waals surface area contributed by atoms with E-state index in [-0.39, 0.29) is 25.2 Å². The Morgan fingerprint density at radius 2 is 1.83 bits per heavy atom. The molecule has 0 fully saturated rings. The Hall–Kier alpha value is -2.24. The zero-order chi connectivity index (χ0) is 17.2. The quantitative estimate of drug-likeness (QED) is 0.706. The van der Waals surface area contributed by atoms with E-state index in [2.05, 4.69) is 5.32 Å². The van der Waals surface area contributed by atoms with Crippen LogP contribution in [0, 0.1) is 6.92 Å². The molecular weight excluding hydrogens is 298 g/mol. The number of carbonyl (C=O) groups excluding carboxylic acids is 2. The highest BCUT2D eigenvalue weighted by atomic mass is 16.6. The van der Waals surface area contributed by atoms with Gasteiger partial charge in [0.1, 0.15) is 0 Å². The normalized spacial score (nSPS) is 10.3. The molecule has 0 heterocycles. The minimum atomic E-state index is -0.604. The molecule has 0 saturated carbocycles. The number of benzene rings is 1. The number of amides is 1. The molecule has 0 unspecified atom stereocenters. The molecule has 0 aliphatic carbocycles. The highest BCUT2D eigenvalue weighted by molar-refractivity contribution is 5.81. The average molecular weight is 323 g/mol. The minimum Gasteiger partial charge on any atom is -0.493 e. The first-order valence-corrected chi connectivity index (χ1v) is 7.72. The molecule has 0 aromatic heterocycles. The first-order valence-electron chi connectivity index (χ1n) is 7.72. The fourth-order valence-corrected chi connectivity index (χ4v) is 1.98. The summed E-state index contributed by atoms with van der Waals surface area (Å²) in [6.07, 6.45) is 1.68. The highest BCUT2D eigenvalue weighted by Gasteiger charge is 2.12. The van der Waals surface area contributed by atoms with Crippen LogP contribution in [0.15, 0.2) is 18.2 Å². The first kappa shape index (κ1) is 18.8. The number of carbonyl (C=O) groups is 2. The van der Waals surface area contributed by atoms with Crippen molar-refractivity contribution in [3.63, 3.8) is 0 Å². The lowest BCUT2D eigenvalue weighted by atomic mass is 10.2. The Morgan fingerprint density at radius 1 is 1.13 bits per heavy atom. The van der Waals surface area contributed by atoms with Gasteiger partial charge >= 0.3 is 5.97 Å². The molecule has 0 aliphatic rings. The maximum atomic E-state index is 11.6. The van der Waals surface area contributed by atoms with E-state index in [0.29, 0.717) is 11.5 Å². The van der Waals surface area contributed by atoms with Crippen LogP contribution in [0.25, 0.3) is 0 Å². The number of hydrogen-bond donors (Lipinski definition) is 1. The zero-order valence-electron chi connectivity index (χ0n) is 14.2. The molecular formula is C17H25NO5. The zero-order valence-corrected chi connectivity index (χ0v) is 14.2. The Kier molecular flexibility index (Phi) is 7.94. The first-order chi connectivity index (χ1) is 11.0. The summed E-state index contributed by atoms with van der Waals surface area (Å²) in [6, 6.07) is 5.49.